The Balaban J connectivity index is 1.58. The van der Waals surface area contributed by atoms with Crippen molar-refractivity contribution in [3.63, 3.8) is 0 Å². The maximum atomic E-state index is 6.54. The summed E-state index contributed by atoms with van der Waals surface area (Å²) < 4.78 is 6.54. The van der Waals surface area contributed by atoms with E-state index in [0.717, 1.165) is 41.2 Å². The summed E-state index contributed by atoms with van der Waals surface area (Å²) in [4.78, 5) is 3.60. The van der Waals surface area contributed by atoms with Crippen molar-refractivity contribution in [3.8, 4) is 5.75 Å². The minimum absolute atomic E-state index is 0.251. The Morgan fingerprint density at radius 2 is 2.04 bits per heavy atom. The Hall–Kier alpha value is -2.19. The number of nitrogens with one attached hydrogen (secondary N) is 1. The van der Waals surface area contributed by atoms with E-state index in [1.54, 1.807) is 0 Å². The van der Waals surface area contributed by atoms with Gasteiger partial charge in [-0.1, -0.05) is 29.3 Å². The second kappa shape index (κ2) is 5.15. The third-order valence-corrected chi connectivity index (χ3v) is 6.00. The number of hydrogen-bond acceptors (Lipinski definition) is 1. The third kappa shape index (κ3) is 2.31. The van der Waals surface area contributed by atoms with Crippen LogP contribution in [-0.4, -0.2) is 10.6 Å². The highest BCUT2D eigenvalue weighted by molar-refractivity contribution is 6.31. The second-order valence-corrected chi connectivity index (χ2v) is 7.85. The van der Waals surface area contributed by atoms with Gasteiger partial charge in [0.05, 0.1) is 0 Å². The highest BCUT2D eigenvalue weighted by Crippen LogP contribution is 2.42. The zero-order valence-electron chi connectivity index (χ0n) is 14.4. The Labute approximate surface area is 152 Å². The van der Waals surface area contributed by atoms with E-state index in [0.29, 0.717) is 0 Å². The molecule has 1 aliphatic carbocycles. The van der Waals surface area contributed by atoms with Crippen LogP contribution in [0.4, 0.5) is 0 Å². The maximum Gasteiger partial charge on any atom is 0.132 e. The van der Waals surface area contributed by atoms with Crippen LogP contribution in [0, 0.1) is 13.8 Å². The van der Waals surface area contributed by atoms with Gasteiger partial charge in [0.2, 0.25) is 0 Å². The fourth-order valence-corrected chi connectivity index (χ4v) is 4.34. The first-order chi connectivity index (χ1) is 12.0. The zero-order valence-corrected chi connectivity index (χ0v) is 15.2. The zero-order chi connectivity index (χ0) is 17.2. The Kier molecular flexibility index (Phi) is 3.11. The van der Waals surface area contributed by atoms with Gasteiger partial charge in [-0.2, -0.15) is 0 Å². The van der Waals surface area contributed by atoms with E-state index in [1.807, 2.05) is 13.0 Å². The molecule has 3 aromatic rings. The van der Waals surface area contributed by atoms with Gasteiger partial charge in [-0.15, -0.1) is 0 Å². The largest absolute Gasteiger partial charge is 0.482 e. The molecule has 2 heterocycles. The van der Waals surface area contributed by atoms with Crippen LogP contribution in [0.1, 0.15) is 34.4 Å². The van der Waals surface area contributed by atoms with Crippen LogP contribution < -0.4 is 4.74 Å². The maximum absolute atomic E-state index is 6.54. The molecule has 1 unspecified atom stereocenters. The molecule has 2 aromatic carbocycles. The van der Waals surface area contributed by atoms with E-state index >= 15 is 0 Å². The van der Waals surface area contributed by atoms with E-state index in [1.165, 1.54) is 27.7 Å². The standard InChI is InChI=1S/C22H20ClNO/c1-13-3-4-19-16(9-13)17-12-22(8-6-20(17)24-19)7-5-15-11-18(23)14(2)10-21(15)25-22/h3-5,7,9-11,24H,6,8,12H2,1-2H3. The molecule has 2 nitrogen and oxygen atoms in total. The van der Waals surface area contributed by atoms with Crippen molar-refractivity contribution in [3.05, 3.63) is 69.4 Å². The van der Waals surface area contributed by atoms with Gasteiger partial charge in [0, 0.05) is 33.6 Å². The molecule has 1 N–H and O–H groups in total. The number of aryl methyl sites for hydroxylation is 3. The highest BCUT2D eigenvalue weighted by Gasteiger charge is 2.38. The first-order valence-corrected chi connectivity index (χ1v) is 9.19. The predicted octanol–water partition coefficient (Wildman–Crippen LogP) is 5.77. The number of fused-ring (bicyclic) bond motifs is 4. The first-order valence-electron chi connectivity index (χ1n) is 8.81. The summed E-state index contributed by atoms with van der Waals surface area (Å²) >= 11 is 6.26. The van der Waals surface area contributed by atoms with Crippen LogP contribution in [0.3, 0.4) is 0 Å². The van der Waals surface area contributed by atoms with Crippen LogP contribution in [0.15, 0.2) is 36.4 Å². The topological polar surface area (TPSA) is 25.0 Å². The molecule has 1 spiro atoms. The predicted molar refractivity (Wildman–Crippen MR) is 104 cm³/mol. The summed E-state index contributed by atoms with van der Waals surface area (Å²) in [6.07, 6.45) is 7.32. The number of benzene rings is 2. The molecule has 5 rings (SSSR count). The van der Waals surface area contributed by atoms with E-state index in [2.05, 4.69) is 48.3 Å². The van der Waals surface area contributed by atoms with Crippen molar-refractivity contribution in [1.82, 2.24) is 4.98 Å². The van der Waals surface area contributed by atoms with Gasteiger partial charge in [-0.3, -0.25) is 0 Å². The second-order valence-electron chi connectivity index (χ2n) is 7.45. The fourth-order valence-electron chi connectivity index (χ4n) is 4.17. The Morgan fingerprint density at radius 3 is 2.92 bits per heavy atom. The molecule has 25 heavy (non-hydrogen) atoms. The number of H-pyrrole nitrogens is 1. The van der Waals surface area contributed by atoms with Crippen molar-refractivity contribution >= 4 is 28.6 Å². The molecule has 1 aromatic heterocycles. The van der Waals surface area contributed by atoms with Crippen LogP contribution in [0.25, 0.3) is 17.0 Å². The number of rotatable bonds is 0. The summed E-state index contributed by atoms with van der Waals surface area (Å²) in [6.45, 7) is 4.18. The lowest BCUT2D eigenvalue weighted by molar-refractivity contribution is 0.101. The highest BCUT2D eigenvalue weighted by atomic mass is 35.5. The first kappa shape index (κ1) is 15.1. The number of hydrogen-bond donors (Lipinski definition) is 1. The summed E-state index contributed by atoms with van der Waals surface area (Å²) in [6, 6.07) is 10.7. The van der Waals surface area contributed by atoms with Crippen molar-refractivity contribution in [1.29, 1.82) is 0 Å². The average Bonchev–Trinajstić information content (AvgIpc) is 2.93. The molecule has 3 heteroatoms. The van der Waals surface area contributed by atoms with E-state index < -0.39 is 0 Å². The van der Waals surface area contributed by atoms with Gasteiger partial charge in [-0.05, 0) is 68.2 Å². The molecule has 0 saturated heterocycles. The van der Waals surface area contributed by atoms with Gasteiger partial charge in [0.1, 0.15) is 11.4 Å². The minimum Gasteiger partial charge on any atom is -0.482 e. The summed E-state index contributed by atoms with van der Waals surface area (Å²) in [7, 11) is 0. The lowest BCUT2D eigenvalue weighted by Gasteiger charge is -2.38. The van der Waals surface area contributed by atoms with Gasteiger partial charge in [0.25, 0.3) is 0 Å². The molecule has 0 bridgehead atoms. The summed E-state index contributed by atoms with van der Waals surface area (Å²) in [5, 5.41) is 2.13. The lowest BCUT2D eigenvalue weighted by atomic mass is 9.80. The number of aromatic nitrogens is 1. The molecule has 2 aliphatic rings. The molecular formula is C22H20ClNO. The normalized spacial score (nSPS) is 21.2. The van der Waals surface area contributed by atoms with Gasteiger partial charge < -0.3 is 9.72 Å². The van der Waals surface area contributed by atoms with Crippen LogP contribution in [-0.2, 0) is 12.8 Å². The smallest absolute Gasteiger partial charge is 0.132 e. The van der Waals surface area contributed by atoms with Gasteiger partial charge in [-0.25, -0.2) is 0 Å². The summed E-state index contributed by atoms with van der Waals surface area (Å²) in [5.74, 6) is 0.948. The van der Waals surface area contributed by atoms with Crippen molar-refractivity contribution < 1.29 is 4.74 Å². The quantitative estimate of drug-likeness (QED) is 0.547. The minimum atomic E-state index is -0.251. The van der Waals surface area contributed by atoms with E-state index in [-0.39, 0.29) is 5.60 Å². The number of halogens is 1. The molecular weight excluding hydrogens is 330 g/mol. The molecule has 0 fully saturated rings. The lowest BCUT2D eigenvalue weighted by Crippen LogP contribution is -2.41. The Bertz CT molecular complexity index is 1050. The van der Waals surface area contributed by atoms with E-state index in [4.69, 9.17) is 16.3 Å². The SMILES string of the molecule is Cc1ccc2[nH]c3c(c2c1)CC1(C=Cc2cc(Cl)c(C)cc2O1)CC3. The molecule has 1 atom stereocenters. The average molecular weight is 350 g/mol. The van der Waals surface area contributed by atoms with Crippen LogP contribution in [0.5, 0.6) is 5.75 Å². The van der Waals surface area contributed by atoms with Gasteiger partial charge in [0.15, 0.2) is 0 Å². The third-order valence-electron chi connectivity index (χ3n) is 5.60. The molecule has 1 aliphatic heterocycles. The molecule has 126 valence electrons. The van der Waals surface area contributed by atoms with Crippen LogP contribution >= 0.6 is 11.6 Å². The van der Waals surface area contributed by atoms with Crippen molar-refractivity contribution in [2.75, 3.05) is 0 Å². The van der Waals surface area contributed by atoms with Crippen molar-refractivity contribution in [2.24, 2.45) is 0 Å². The molecule has 0 amide bonds. The number of ether oxygens (including phenoxy) is 1. The fraction of sp³-hybridized carbons (Fsp3) is 0.273. The van der Waals surface area contributed by atoms with E-state index in [9.17, 15) is 0 Å². The van der Waals surface area contributed by atoms with Crippen LogP contribution in [0.2, 0.25) is 5.02 Å². The van der Waals surface area contributed by atoms with Gasteiger partial charge >= 0.3 is 0 Å². The number of aromatic amines is 1. The Morgan fingerprint density at radius 1 is 1.16 bits per heavy atom. The summed E-state index contributed by atoms with van der Waals surface area (Å²) in [5.41, 5.74) is 7.18. The molecule has 0 radical (unpaired) electrons. The monoisotopic (exact) mass is 349 g/mol. The van der Waals surface area contributed by atoms with Crippen molar-refractivity contribution in [2.45, 2.75) is 38.7 Å². The molecule has 0 saturated carbocycles.